The van der Waals surface area contributed by atoms with Crippen LogP contribution in [0.2, 0.25) is 0 Å². The molecule has 4 saturated carbocycles. The summed E-state index contributed by atoms with van der Waals surface area (Å²) in [5.41, 5.74) is 31.8. The predicted octanol–water partition coefficient (Wildman–Crippen LogP) is 21.1. The molecule has 9 aromatic carbocycles. The molecule has 0 saturated heterocycles. The van der Waals surface area contributed by atoms with Crippen molar-refractivity contribution < 1.29 is 0 Å². The zero-order valence-corrected chi connectivity index (χ0v) is 51.0. The Hall–Kier alpha value is -8.44. The van der Waals surface area contributed by atoms with Crippen molar-refractivity contribution >= 4 is 81.9 Å². The zero-order valence-electron chi connectivity index (χ0n) is 51.0. The van der Waals surface area contributed by atoms with E-state index < -0.39 is 10.8 Å². The Bertz CT molecular complexity index is 5230. The number of aromatic nitrogens is 2. The third kappa shape index (κ3) is 4.81. The van der Waals surface area contributed by atoms with Gasteiger partial charge in [-0.15, -0.1) is 0 Å². The fourth-order valence-corrected chi connectivity index (χ4v) is 24.1. The molecule has 2 spiro atoms. The Morgan fingerprint density at radius 1 is 0.409 bits per heavy atom. The van der Waals surface area contributed by atoms with Crippen molar-refractivity contribution in [3.63, 3.8) is 0 Å². The fraction of sp³-hybridized carbons (Fsp3) is 0.333. The minimum Gasteiger partial charge on any atom is -0.309 e. The number of hydrogen-bond acceptors (Lipinski definition) is 1. The van der Waals surface area contributed by atoms with Crippen molar-refractivity contribution in [2.45, 2.75) is 151 Å². The first kappa shape index (κ1) is 47.6. The van der Waals surface area contributed by atoms with Gasteiger partial charge in [0.15, 0.2) is 5.69 Å². The minimum absolute atomic E-state index is 0.180. The lowest BCUT2D eigenvalue weighted by Gasteiger charge is -2.43. The van der Waals surface area contributed by atoms with Crippen LogP contribution in [0.1, 0.15) is 213 Å². The van der Waals surface area contributed by atoms with E-state index in [4.69, 9.17) is 4.85 Å². The molecule has 6 heterocycles. The lowest BCUT2D eigenvalue weighted by atomic mass is 9.59. The third-order valence-electron chi connectivity index (χ3n) is 26.4. The van der Waals surface area contributed by atoms with Crippen LogP contribution in [0.5, 0.6) is 0 Å². The number of fused-ring (bicyclic) bond motifs is 20. The Morgan fingerprint density at radius 3 is 1.12 bits per heavy atom. The smallest absolute Gasteiger partial charge is 0.197 e. The summed E-state index contributed by atoms with van der Waals surface area (Å²) < 4.78 is 5.70. The van der Waals surface area contributed by atoms with Gasteiger partial charge in [-0.1, -0.05) is 139 Å². The molecular weight excluding hydrogens is 1060 g/mol. The highest BCUT2D eigenvalue weighted by molar-refractivity contribution is 6.36. The molecule has 4 nitrogen and oxygen atoms in total. The van der Waals surface area contributed by atoms with E-state index in [1.54, 1.807) is 0 Å². The van der Waals surface area contributed by atoms with E-state index in [-0.39, 0.29) is 10.8 Å². The van der Waals surface area contributed by atoms with Crippen molar-refractivity contribution in [3.05, 3.63) is 216 Å². The van der Waals surface area contributed by atoms with Gasteiger partial charge in [0.25, 0.3) is 0 Å². The highest BCUT2D eigenvalue weighted by Crippen LogP contribution is 2.74. The van der Waals surface area contributed by atoms with Gasteiger partial charge in [0.2, 0.25) is 0 Å². The molecule has 8 bridgehead atoms. The van der Waals surface area contributed by atoms with E-state index in [1.807, 2.05) is 0 Å². The SMILES string of the molecule is [C-]#[N+]c1c2c(c3c4cc(C(C)(C)C)cc5c6c7c8c(c9c6n(c3c1C91c3ccccc3-c3ccccc31)c45)c1cc(C(C)(C)C)cc3c4c5c(c(C#N)c(c4n8c31)C71c3ccccc3-c3ccccc31)C1CC3CC(C1)CC5C3)C1CC3CC(CC2C3)C1. The van der Waals surface area contributed by atoms with Crippen LogP contribution in [-0.2, 0) is 21.7 Å². The van der Waals surface area contributed by atoms with Gasteiger partial charge >= 0.3 is 0 Å². The molecule has 10 aliphatic carbocycles. The topological polar surface area (TPSA) is 37.0 Å². The van der Waals surface area contributed by atoms with Crippen molar-refractivity contribution in [2.24, 2.45) is 23.7 Å². The van der Waals surface area contributed by atoms with E-state index in [2.05, 4.69) is 178 Å². The van der Waals surface area contributed by atoms with Gasteiger partial charge in [0, 0.05) is 70.9 Å². The number of nitrogens with zero attached hydrogens (tertiary/aromatic N) is 4. The van der Waals surface area contributed by atoms with Crippen LogP contribution in [-0.4, -0.2) is 8.80 Å². The molecule has 0 amide bonds. The Balaban J connectivity index is 1.08. The molecule has 2 aliphatic heterocycles. The Morgan fingerprint density at radius 2 is 0.739 bits per heavy atom. The predicted molar refractivity (Wildman–Crippen MR) is 357 cm³/mol. The minimum atomic E-state index is -0.878. The molecule has 13 aromatic rings. The maximum absolute atomic E-state index is 12.9. The van der Waals surface area contributed by atoms with E-state index in [0.29, 0.717) is 47.3 Å². The third-order valence-corrected chi connectivity index (χ3v) is 26.4. The molecular formula is C84H66N4. The second-order valence-corrected chi connectivity index (χ2v) is 32.3. The van der Waals surface area contributed by atoms with E-state index in [0.717, 1.165) is 11.3 Å². The van der Waals surface area contributed by atoms with Gasteiger partial charge in [0.1, 0.15) is 0 Å². The average molecular weight is 1130 g/mol. The average Bonchev–Trinajstić information content (AvgIpc) is 1.42. The van der Waals surface area contributed by atoms with Crippen LogP contribution in [0.15, 0.2) is 121 Å². The summed E-state index contributed by atoms with van der Waals surface area (Å²) in [5.74, 6) is 4.28. The summed E-state index contributed by atoms with van der Waals surface area (Å²) >= 11 is 0. The maximum Gasteiger partial charge on any atom is 0.197 e. The summed E-state index contributed by atoms with van der Waals surface area (Å²) in [6, 6.07) is 51.9. The number of benzene rings is 9. The van der Waals surface area contributed by atoms with Crippen molar-refractivity contribution in [2.75, 3.05) is 0 Å². The molecule has 88 heavy (non-hydrogen) atoms. The maximum atomic E-state index is 12.9. The molecule has 4 atom stereocenters. The molecule has 4 fully saturated rings. The number of rotatable bonds is 0. The summed E-state index contributed by atoms with van der Waals surface area (Å²) in [4.78, 5) is 5.19. The number of hydrogen-bond donors (Lipinski definition) is 0. The molecule has 0 radical (unpaired) electrons. The summed E-state index contributed by atoms with van der Waals surface area (Å²) in [6.07, 6.45) is 12.3. The van der Waals surface area contributed by atoms with Crippen LogP contribution in [0, 0.1) is 41.6 Å². The molecule has 4 aromatic heterocycles. The normalized spacial score (nSPS) is 25.3. The second-order valence-electron chi connectivity index (χ2n) is 32.3. The first-order chi connectivity index (χ1) is 42.8. The van der Waals surface area contributed by atoms with Crippen molar-refractivity contribution in [1.82, 2.24) is 8.80 Å². The van der Waals surface area contributed by atoms with Crippen LogP contribution in [0.3, 0.4) is 0 Å². The van der Waals surface area contributed by atoms with Gasteiger partial charge in [-0.2, -0.15) is 5.26 Å². The van der Waals surface area contributed by atoms with Crippen LogP contribution in [0.4, 0.5) is 5.69 Å². The van der Waals surface area contributed by atoms with Crippen LogP contribution >= 0.6 is 0 Å². The lowest BCUT2D eigenvalue weighted by Crippen LogP contribution is -2.36. The van der Waals surface area contributed by atoms with E-state index in [9.17, 15) is 11.8 Å². The summed E-state index contributed by atoms with van der Waals surface area (Å²) in [5, 5.41) is 23.9. The fourth-order valence-electron chi connectivity index (χ4n) is 24.1. The Labute approximate surface area is 512 Å². The van der Waals surface area contributed by atoms with Crippen LogP contribution < -0.4 is 0 Å². The lowest BCUT2D eigenvalue weighted by molar-refractivity contribution is 0.166. The van der Waals surface area contributed by atoms with Crippen LogP contribution in [0.25, 0.3) is 103 Å². The van der Waals surface area contributed by atoms with Crippen molar-refractivity contribution in [1.29, 1.82) is 5.26 Å². The first-order valence-electron chi connectivity index (χ1n) is 33.7. The zero-order chi connectivity index (χ0) is 58.0. The van der Waals surface area contributed by atoms with E-state index in [1.165, 1.54) is 241 Å². The Kier molecular flexibility index (Phi) is 7.93. The van der Waals surface area contributed by atoms with Gasteiger partial charge in [-0.25, -0.2) is 4.85 Å². The van der Waals surface area contributed by atoms with E-state index >= 15 is 0 Å². The molecule has 422 valence electrons. The largest absolute Gasteiger partial charge is 0.309 e. The first-order valence-corrected chi connectivity index (χ1v) is 33.7. The van der Waals surface area contributed by atoms with Gasteiger partial charge in [-0.05, 0) is 225 Å². The molecule has 4 heteroatoms. The van der Waals surface area contributed by atoms with Gasteiger partial charge in [-0.3, -0.25) is 0 Å². The monoisotopic (exact) mass is 1130 g/mol. The van der Waals surface area contributed by atoms with Gasteiger partial charge < -0.3 is 8.80 Å². The standard InChI is InChI=1S/C84H66N4/c1-81(2,3)47-34-53-66-63-44-28-39-24-40(29-44)27-43(26-39)62(63)57(38-85)70-77(66)87-75(53)56(37-47)69-72-80-68(71(79(69)87)83(70)58-20-12-8-16-49(58)50-17-9-13-21-59(50)83)55-36-48(82(4,5)6)35-54-67-64-45-30-41-25-42(31-45)33-46(32-41)65(64)74(86-7)73(78(67)88(80)76(54)55)84(72)60-22-14-10-18-51(60)52-19-11-15-23-61(52)84/h8-23,34-37,39-46H,24-33H2,1-6H3. The summed E-state index contributed by atoms with van der Waals surface area (Å²) in [6.45, 7) is 24.8. The molecule has 0 N–H and O–H groups in total. The quantitative estimate of drug-likeness (QED) is 0.139. The van der Waals surface area contributed by atoms with Crippen molar-refractivity contribution in [3.8, 4) is 28.3 Å². The molecule has 25 rings (SSSR count). The van der Waals surface area contributed by atoms with Gasteiger partial charge in [0.05, 0.1) is 56.6 Å². The summed E-state index contributed by atoms with van der Waals surface area (Å²) in [7, 11) is 0. The second kappa shape index (κ2) is 14.7. The number of nitriles is 1. The molecule has 4 unspecified atom stereocenters. The highest BCUT2D eigenvalue weighted by atomic mass is 15.0. The molecule has 12 aliphatic rings. The highest BCUT2D eigenvalue weighted by Gasteiger charge is 2.61.